The number of carbonyl (C=O) groups excluding carboxylic acids is 2. The number of amides is 2. The first-order valence-electron chi connectivity index (χ1n) is 9.88. The average Bonchev–Trinajstić information content (AvgIpc) is 3.37. The molecular weight excluding hydrogens is 463 g/mol. The molecule has 1 saturated carbocycles. The normalized spacial score (nSPS) is 17.6. The maximum atomic E-state index is 13.2. The standard InChI is InChI=1S/C20H15ClF3N7O2/c21-14-4-3-12(7-13(14)20(22,23)24)26-18-29-16-10(5-9-6-15(32)28-17(9)33)8-25-31(16)19(30-18)27-11-1-2-11/h3-5,7-8,11H,1-2,6H2,(H,28,32,33)(H2,26,27,29,30)/b9-5+. The van der Waals surface area contributed by atoms with Gasteiger partial charge in [0.15, 0.2) is 5.65 Å². The summed E-state index contributed by atoms with van der Waals surface area (Å²) in [7, 11) is 0. The summed E-state index contributed by atoms with van der Waals surface area (Å²) in [5.74, 6) is -0.539. The van der Waals surface area contributed by atoms with E-state index in [0.29, 0.717) is 17.2 Å². The van der Waals surface area contributed by atoms with Crippen LogP contribution in [0.3, 0.4) is 0 Å². The number of nitrogens with one attached hydrogen (secondary N) is 3. The zero-order chi connectivity index (χ0) is 23.3. The minimum Gasteiger partial charge on any atom is -0.351 e. The summed E-state index contributed by atoms with van der Waals surface area (Å²) in [6.45, 7) is 0. The molecule has 2 fully saturated rings. The number of aromatic nitrogens is 4. The molecule has 170 valence electrons. The van der Waals surface area contributed by atoms with E-state index < -0.39 is 28.6 Å². The maximum absolute atomic E-state index is 13.2. The molecule has 1 aliphatic carbocycles. The summed E-state index contributed by atoms with van der Waals surface area (Å²) >= 11 is 5.70. The number of carbonyl (C=O) groups is 2. The summed E-state index contributed by atoms with van der Waals surface area (Å²) in [5, 5.41) is 12.0. The third-order valence-corrected chi connectivity index (χ3v) is 5.39. The van der Waals surface area contributed by atoms with E-state index in [1.165, 1.54) is 22.9 Å². The smallest absolute Gasteiger partial charge is 0.351 e. The Morgan fingerprint density at radius 2 is 2.00 bits per heavy atom. The first-order valence-corrected chi connectivity index (χ1v) is 10.3. The molecule has 1 aliphatic heterocycles. The largest absolute Gasteiger partial charge is 0.417 e. The van der Waals surface area contributed by atoms with Crippen LogP contribution in [0.2, 0.25) is 5.02 Å². The van der Waals surface area contributed by atoms with E-state index in [4.69, 9.17) is 11.6 Å². The Morgan fingerprint density at radius 1 is 1.21 bits per heavy atom. The van der Waals surface area contributed by atoms with Crippen LogP contribution < -0.4 is 16.0 Å². The molecule has 0 radical (unpaired) electrons. The number of anilines is 3. The van der Waals surface area contributed by atoms with Crippen LogP contribution in [0.5, 0.6) is 0 Å². The van der Waals surface area contributed by atoms with Gasteiger partial charge in [0.05, 0.1) is 23.2 Å². The number of benzene rings is 1. The lowest BCUT2D eigenvalue weighted by atomic mass is 10.1. The number of halogens is 4. The van der Waals surface area contributed by atoms with Crippen LogP contribution in [0.1, 0.15) is 30.4 Å². The Balaban J connectivity index is 1.56. The third-order valence-electron chi connectivity index (χ3n) is 5.06. The molecule has 2 amide bonds. The number of fused-ring (bicyclic) bond motifs is 1. The second-order valence-corrected chi connectivity index (χ2v) is 8.07. The minimum atomic E-state index is -4.62. The summed E-state index contributed by atoms with van der Waals surface area (Å²) in [4.78, 5) is 32.2. The Kier molecular flexibility index (Phi) is 4.96. The summed E-state index contributed by atoms with van der Waals surface area (Å²) in [5.41, 5.74) is 0.116. The van der Waals surface area contributed by atoms with Crippen LogP contribution in [-0.2, 0) is 15.8 Å². The first kappa shape index (κ1) is 21.2. The Morgan fingerprint density at radius 3 is 2.67 bits per heavy atom. The van der Waals surface area contributed by atoms with Crippen molar-refractivity contribution in [2.24, 2.45) is 0 Å². The highest BCUT2D eigenvalue weighted by Crippen LogP contribution is 2.36. The van der Waals surface area contributed by atoms with Gasteiger partial charge in [0.1, 0.15) is 0 Å². The second kappa shape index (κ2) is 7.73. The molecule has 0 atom stereocenters. The van der Waals surface area contributed by atoms with Crippen LogP contribution in [0.15, 0.2) is 30.0 Å². The van der Waals surface area contributed by atoms with Gasteiger partial charge in [-0.05, 0) is 37.1 Å². The summed E-state index contributed by atoms with van der Waals surface area (Å²) < 4.78 is 41.1. The van der Waals surface area contributed by atoms with Gasteiger partial charge in [0.25, 0.3) is 5.91 Å². The van der Waals surface area contributed by atoms with E-state index in [9.17, 15) is 22.8 Å². The molecule has 33 heavy (non-hydrogen) atoms. The molecule has 3 aromatic rings. The van der Waals surface area contributed by atoms with Gasteiger partial charge in [0.2, 0.25) is 17.8 Å². The average molecular weight is 478 g/mol. The molecule has 3 heterocycles. The van der Waals surface area contributed by atoms with Gasteiger partial charge in [-0.25, -0.2) is 0 Å². The van der Waals surface area contributed by atoms with Crippen LogP contribution >= 0.6 is 11.6 Å². The fourth-order valence-electron chi connectivity index (χ4n) is 3.31. The van der Waals surface area contributed by atoms with Crippen molar-refractivity contribution in [1.82, 2.24) is 24.9 Å². The van der Waals surface area contributed by atoms with E-state index in [-0.39, 0.29) is 29.7 Å². The summed E-state index contributed by atoms with van der Waals surface area (Å²) in [6, 6.07) is 3.59. The lowest BCUT2D eigenvalue weighted by Crippen LogP contribution is -2.19. The molecule has 5 rings (SSSR count). The van der Waals surface area contributed by atoms with Crippen molar-refractivity contribution in [2.45, 2.75) is 31.5 Å². The molecule has 3 N–H and O–H groups in total. The van der Waals surface area contributed by atoms with Gasteiger partial charge < -0.3 is 10.6 Å². The predicted octanol–water partition coefficient (Wildman–Crippen LogP) is 3.54. The molecule has 13 heteroatoms. The number of rotatable bonds is 5. The third kappa shape index (κ3) is 4.33. The van der Waals surface area contributed by atoms with Crippen LogP contribution in [-0.4, -0.2) is 37.4 Å². The van der Waals surface area contributed by atoms with Gasteiger partial charge in [0, 0.05) is 22.9 Å². The van der Waals surface area contributed by atoms with Crippen molar-refractivity contribution in [3.8, 4) is 0 Å². The van der Waals surface area contributed by atoms with Crippen molar-refractivity contribution in [3.05, 3.63) is 46.1 Å². The molecule has 0 unspecified atom stereocenters. The Hall–Kier alpha value is -3.67. The van der Waals surface area contributed by atoms with Crippen molar-refractivity contribution in [3.63, 3.8) is 0 Å². The molecule has 1 aromatic carbocycles. The Bertz CT molecular complexity index is 1330. The van der Waals surface area contributed by atoms with Gasteiger partial charge in [-0.2, -0.15) is 32.8 Å². The lowest BCUT2D eigenvalue weighted by Gasteiger charge is -2.13. The lowest BCUT2D eigenvalue weighted by molar-refractivity contribution is -0.137. The van der Waals surface area contributed by atoms with Crippen molar-refractivity contribution in [1.29, 1.82) is 0 Å². The SMILES string of the molecule is O=C1C/C(=C\c2cnn3c(NC4CC4)nc(Nc4ccc(Cl)c(C(F)(F)F)c4)nc23)C(=O)N1. The highest BCUT2D eigenvalue weighted by Gasteiger charge is 2.33. The van der Waals surface area contributed by atoms with Crippen LogP contribution in [0, 0.1) is 0 Å². The van der Waals surface area contributed by atoms with E-state index in [2.05, 4.69) is 31.0 Å². The number of nitrogens with zero attached hydrogens (tertiary/aromatic N) is 4. The number of imide groups is 1. The van der Waals surface area contributed by atoms with Gasteiger partial charge in [-0.15, -0.1) is 0 Å². The minimum absolute atomic E-state index is 0.0215. The van der Waals surface area contributed by atoms with Crippen LogP contribution in [0.4, 0.5) is 30.8 Å². The Labute approximate surface area is 189 Å². The number of alkyl halides is 3. The molecule has 0 spiro atoms. The monoisotopic (exact) mass is 477 g/mol. The molecule has 2 aromatic heterocycles. The van der Waals surface area contributed by atoms with Crippen molar-refractivity contribution >= 4 is 52.7 Å². The van der Waals surface area contributed by atoms with Gasteiger partial charge in [-0.1, -0.05) is 11.6 Å². The van der Waals surface area contributed by atoms with Gasteiger partial charge in [-0.3, -0.25) is 14.9 Å². The van der Waals surface area contributed by atoms with Crippen molar-refractivity contribution in [2.75, 3.05) is 10.6 Å². The highest BCUT2D eigenvalue weighted by atomic mass is 35.5. The predicted molar refractivity (Wildman–Crippen MR) is 113 cm³/mol. The molecule has 1 saturated heterocycles. The fraction of sp³-hybridized carbons (Fsp3) is 0.250. The second-order valence-electron chi connectivity index (χ2n) is 7.67. The zero-order valence-electron chi connectivity index (χ0n) is 16.7. The van der Waals surface area contributed by atoms with Crippen LogP contribution in [0.25, 0.3) is 11.7 Å². The fourth-order valence-corrected chi connectivity index (χ4v) is 3.54. The summed E-state index contributed by atoms with van der Waals surface area (Å²) in [6.07, 6.45) is 0.178. The number of hydrogen-bond donors (Lipinski definition) is 3. The molecular formula is C20H15ClF3N7O2. The van der Waals surface area contributed by atoms with E-state index in [1.807, 2.05) is 0 Å². The quantitative estimate of drug-likeness (QED) is 0.380. The van der Waals surface area contributed by atoms with E-state index in [1.54, 1.807) is 0 Å². The first-order chi connectivity index (χ1) is 15.7. The molecule has 9 nitrogen and oxygen atoms in total. The molecule has 2 aliphatic rings. The van der Waals surface area contributed by atoms with Crippen molar-refractivity contribution < 1.29 is 22.8 Å². The maximum Gasteiger partial charge on any atom is 0.417 e. The highest BCUT2D eigenvalue weighted by molar-refractivity contribution is 6.31. The zero-order valence-corrected chi connectivity index (χ0v) is 17.5. The van der Waals surface area contributed by atoms with Gasteiger partial charge >= 0.3 is 6.18 Å². The topological polar surface area (TPSA) is 113 Å². The number of hydrogen-bond acceptors (Lipinski definition) is 7. The van der Waals surface area contributed by atoms with E-state index >= 15 is 0 Å². The van der Waals surface area contributed by atoms with E-state index in [0.717, 1.165) is 25.0 Å². The molecule has 0 bridgehead atoms.